The minimum atomic E-state index is -0.421. The maximum atomic E-state index is 13.5. The topological polar surface area (TPSA) is 101 Å². The lowest BCUT2D eigenvalue weighted by Gasteiger charge is -2.40. The monoisotopic (exact) mass is 517 g/mol. The number of fused-ring (bicyclic) bond motifs is 1. The number of piperazine rings is 1. The number of nitrogens with one attached hydrogen (secondary N) is 1. The van der Waals surface area contributed by atoms with Gasteiger partial charge in [0.1, 0.15) is 17.5 Å². The van der Waals surface area contributed by atoms with E-state index in [1.807, 2.05) is 47.1 Å². The molecular formula is C28H35N7O3. The lowest BCUT2D eigenvalue weighted by Crippen LogP contribution is -2.49. The number of aromatic amines is 1. The molecule has 1 aliphatic heterocycles. The normalized spacial score (nSPS) is 15.6. The fraction of sp³-hybridized carbons (Fsp3) is 0.429. The van der Waals surface area contributed by atoms with Crippen molar-refractivity contribution in [3.05, 3.63) is 70.3 Å². The largest absolute Gasteiger partial charge is 0.497 e. The third-order valence-electron chi connectivity index (χ3n) is 7.66. The molecule has 0 radical (unpaired) electrons. The van der Waals surface area contributed by atoms with Crippen molar-refractivity contribution < 1.29 is 9.47 Å². The van der Waals surface area contributed by atoms with Gasteiger partial charge in [0.15, 0.2) is 5.82 Å². The highest BCUT2D eigenvalue weighted by atomic mass is 16.5. The molecule has 5 rings (SSSR count). The van der Waals surface area contributed by atoms with Crippen molar-refractivity contribution in [1.29, 1.82) is 0 Å². The fourth-order valence-electron chi connectivity index (χ4n) is 5.09. The minimum Gasteiger partial charge on any atom is -0.497 e. The number of para-hydroxylation sites is 2. The van der Waals surface area contributed by atoms with Crippen molar-refractivity contribution in [3.8, 4) is 11.5 Å². The highest BCUT2D eigenvalue weighted by molar-refractivity contribution is 5.80. The second kappa shape index (κ2) is 10.4. The summed E-state index contributed by atoms with van der Waals surface area (Å²) in [5.41, 5.74) is 1.97. The summed E-state index contributed by atoms with van der Waals surface area (Å²) in [6, 6.07) is 15.2. The number of benzene rings is 2. The van der Waals surface area contributed by atoms with Gasteiger partial charge in [0.2, 0.25) is 0 Å². The van der Waals surface area contributed by atoms with Gasteiger partial charge in [-0.25, -0.2) is 4.68 Å². The third-order valence-corrected chi connectivity index (χ3v) is 7.66. The first-order valence-corrected chi connectivity index (χ1v) is 13.0. The zero-order valence-corrected chi connectivity index (χ0v) is 22.6. The summed E-state index contributed by atoms with van der Waals surface area (Å²) >= 11 is 0. The Morgan fingerprint density at radius 1 is 1.03 bits per heavy atom. The summed E-state index contributed by atoms with van der Waals surface area (Å²) in [6.07, 6.45) is 0.838. The van der Waals surface area contributed by atoms with Gasteiger partial charge in [-0.15, -0.1) is 5.10 Å². The molecular weight excluding hydrogens is 482 g/mol. The number of anilines is 1. The standard InChI is InChI=1S/C28H35N7O3/c1-6-28(2,3)35-26(30-31-32-35)25(21-18-19-17-20(37-4)11-12-22(19)29-27(21)36)34-15-13-33(14-16-34)23-9-7-8-10-24(23)38-5/h7-12,17-18,25H,6,13-16H2,1-5H3,(H,29,36). The molecule has 38 heavy (non-hydrogen) atoms. The third kappa shape index (κ3) is 4.71. The van der Waals surface area contributed by atoms with Crippen molar-refractivity contribution in [2.45, 2.75) is 38.8 Å². The van der Waals surface area contributed by atoms with E-state index in [0.717, 1.165) is 60.7 Å². The molecule has 0 saturated carbocycles. The molecule has 0 amide bonds. The number of rotatable bonds is 8. The first kappa shape index (κ1) is 25.7. The second-order valence-corrected chi connectivity index (χ2v) is 10.2. The van der Waals surface area contributed by atoms with Gasteiger partial charge in [0.05, 0.1) is 25.4 Å². The van der Waals surface area contributed by atoms with Crippen LogP contribution in [-0.2, 0) is 5.54 Å². The van der Waals surface area contributed by atoms with Crippen LogP contribution in [0.25, 0.3) is 10.9 Å². The Hall–Kier alpha value is -3.92. The molecule has 10 heteroatoms. The Labute approximate surface area is 222 Å². The van der Waals surface area contributed by atoms with Crippen LogP contribution in [0.15, 0.2) is 53.3 Å². The van der Waals surface area contributed by atoms with Gasteiger partial charge in [0.25, 0.3) is 5.56 Å². The second-order valence-electron chi connectivity index (χ2n) is 10.2. The zero-order valence-electron chi connectivity index (χ0n) is 22.6. The Balaban J connectivity index is 1.57. The molecule has 1 fully saturated rings. The predicted molar refractivity (Wildman–Crippen MR) is 147 cm³/mol. The maximum absolute atomic E-state index is 13.5. The molecule has 0 aliphatic carbocycles. The quantitative estimate of drug-likeness (QED) is 0.378. The van der Waals surface area contributed by atoms with Gasteiger partial charge >= 0.3 is 0 Å². The summed E-state index contributed by atoms with van der Waals surface area (Å²) in [4.78, 5) is 21.2. The van der Waals surface area contributed by atoms with Crippen LogP contribution in [0.3, 0.4) is 0 Å². The molecule has 1 saturated heterocycles. The minimum absolute atomic E-state index is 0.149. The highest BCUT2D eigenvalue weighted by Crippen LogP contribution is 2.34. The number of ether oxygens (including phenoxy) is 2. The van der Waals surface area contributed by atoms with Gasteiger partial charge in [-0.2, -0.15) is 0 Å². The van der Waals surface area contributed by atoms with E-state index >= 15 is 0 Å². The van der Waals surface area contributed by atoms with Crippen molar-refractivity contribution in [3.63, 3.8) is 0 Å². The van der Waals surface area contributed by atoms with Gasteiger partial charge in [-0.1, -0.05) is 19.1 Å². The molecule has 2 aromatic heterocycles. The van der Waals surface area contributed by atoms with Crippen LogP contribution >= 0.6 is 0 Å². The van der Waals surface area contributed by atoms with Crippen LogP contribution in [0, 0.1) is 0 Å². The summed E-state index contributed by atoms with van der Waals surface area (Å²) in [6.45, 7) is 9.32. The van der Waals surface area contributed by atoms with Gasteiger partial charge in [-0.05, 0) is 67.1 Å². The van der Waals surface area contributed by atoms with Gasteiger partial charge in [-0.3, -0.25) is 9.69 Å². The Bertz CT molecular complexity index is 1470. The Kier molecular flexibility index (Phi) is 7.07. The Morgan fingerprint density at radius 2 is 1.79 bits per heavy atom. The van der Waals surface area contributed by atoms with Gasteiger partial charge < -0.3 is 19.4 Å². The molecule has 1 N–H and O–H groups in total. The molecule has 1 unspecified atom stereocenters. The average Bonchev–Trinajstić information content (AvgIpc) is 3.44. The number of pyridine rings is 1. The molecule has 1 aliphatic rings. The number of H-pyrrole nitrogens is 1. The van der Waals surface area contributed by atoms with E-state index in [4.69, 9.17) is 9.47 Å². The molecule has 200 valence electrons. The van der Waals surface area contributed by atoms with Crippen molar-refractivity contribution in [1.82, 2.24) is 30.1 Å². The Morgan fingerprint density at radius 3 is 2.50 bits per heavy atom. The van der Waals surface area contributed by atoms with Crippen molar-refractivity contribution in [2.24, 2.45) is 0 Å². The van der Waals surface area contributed by atoms with Crippen LogP contribution < -0.4 is 19.9 Å². The first-order valence-electron chi connectivity index (χ1n) is 13.0. The van der Waals surface area contributed by atoms with Crippen molar-refractivity contribution in [2.75, 3.05) is 45.3 Å². The molecule has 0 bridgehead atoms. The zero-order chi connectivity index (χ0) is 26.9. The molecule has 10 nitrogen and oxygen atoms in total. The first-order chi connectivity index (χ1) is 18.4. The predicted octanol–water partition coefficient (Wildman–Crippen LogP) is 3.59. The van der Waals surface area contributed by atoms with Crippen LogP contribution in [0.4, 0.5) is 5.69 Å². The number of hydrogen-bond acceptors (Lipinski definition) is 8. The molecule has 4 aromatic rings. The summed E-state index contributed by atoms with van der Waals surface area (Å²) < 4.78 is 12.9. The van der Waals surface area contributed by atoms with Gasteiger partial charge in [0, 0.05) is 42.6 Å². The van der Waals surface area contributed by atoms with Crippen molar-refractivity contribution >= 4 is 16.6 Å². The number of aromatic nitrogens is 5. The highest BCUT2D eigenvalue weighted by Gasteiger charge is 2.36. The maximum Gasteiger partial charge on any atom is 0.253 e. The number of tetrazole rings is 1. The number of nitrogens with zero attached hydrogens (tertiary/aromatic N) is 6. The molecule has 0 spiro atoms. The van der Waals surface area contributed by atoms with E-state index in [1.165, 1.54) is 0 Å². The van der Waals surface area contributed by atoms with E-state index in [1.54, 1.807) is 14.2 Å². The number of hydrogen-bond donors (Lipinski definition) is 1. The lowest BCUT2D eigenvalue weighted by atomic mass is 9.98. The fourth-order valence-corrected chi connectivity index (χ4v) is 5.09. The summed E-state index contributed by atoms with van der Waals surface area (Å²) in [5.74, 6) is 2.25. The van der Waals surface area contributed by atoms with E-state index < -0.39 is 6.04 Å². The van der Waals surface area contributed by atoms with E-state index in [0.29, 0.717) is 11.4 Å². The van der Waals surface area contributed by atoms with Crippen LogP contribution in [0.1, 0.15) is 44.6 Å². The van der Waals surface area contributed by atoms with E-state index in [2.05, 4.69) is 57.1 Å². The SMILES string of the molecule is CCC(C)(C)n1nnnc1C(c1cc2cc(OC)ccc2[nH]c1=O)N1CCN(c2ccccc2OC)CC1. The average molecular weight is 518 g/mol. The summed E-state index contributed by atoms with van der Waals surface area (Å²) in [7, 11) is 3.33. The molecule has 1 atom stereocenters. The van der Waals surface area contributed by atoms with Crippen LogP contribution in [0.5, 0.6) is 11.5 Å². The van der Waals surface area contributed by atoms with E-state index in [9.17, 15) is 4.79 Å². The van der Waals surface area contributed by atoms with E-state index in [-0.39, 0.29) is 11.1 Å². The smallest absolute Gasteiger partial charge is 0.253 e. The van der Waals surface area contributed by atoms with Crippen LogP contribution in [-0.4, -0.2) is 70.5 Å². The number of methoxy groups -OCH3 is 2. The lowest BCUT2D eigenvalue weighted by molar-refractivity contribution is 0.186. The molecule has 3 heterocycles. The molecule has 2 aromatic carbocycles. The summed E-state index contributed by atoms with van der Waals surface area (Å²) in [5, 5.41) is 13.8. The van der Waals surface area contributed by atoms with Crippen LogP contribution in [0.2, 0.25) is 0 Å².